The van der Waals surface area contributed by atoms with Gasteiger partial charge in [0.15, 0.2) is 0 Å². The van der Waals surface area contributed by atoms with E-state index in [4.69, 9.17) is 4.74 Å². The summed E-state index contributed by atoms with van der Waals surface area (Å²) >= 11 is 0. The number of hydrogen-bond acceptors (Lipinski definition) is 3. The number of carbonyl (C=O) groups excluding carboxylic acids is 1. The molecule has 0 spiro atoms. The molecule has 0 atom stereocenters. The van der Waals surface area contributed by atoms with Gasteiger partial charge in [0, 0.05) is 20.2 Å². The molecule has 17 heavy (non-hydrogen) atoms. The van der Waals surface area contributed by atoms with Gasteiger partial charge in [0.1, 0.15) is 5.75 Å². The average molecular weight is 235 g/mol. The van der Waals surface area contributed by atoms with Gasteiger partial charge in [-0.15, -0.1) is 0 Å². The molecule has 1 amide bonds. The van der Waals surface area contributed by atoms with Crippen LogP contribution in [0.4, 0.5) is 0 Å². The lowest BCUT2D eigenvalue weighted by Gasteiger charge is -2.31. The number of likely N-dealkylation sites (tertiary alicyclic amines) is 1. The quantitative estimate of drug-likeness (QED) is 0.847. The highest BCUT2D eigenvalue weighted by Crippen LogP contribution is 2.21. The predicted molar refractivity (Wildman–Crippen MR) is 64.0 cm³/mol. The van der Waals surface area contributed by atoms with Crippen LogP contribution in [-0.4, -0.2) is 42.2 Å². The van der Waals surface area contributed by atoms with Crippen LogP contribution < -0.4 is 0 Å². The fraction of sp³-hybridized carbons (Fsp3) is 0.462. The first kappa shape index (κ1) is 11.9. The molecule has 1 saturated heterocycles. The monoisotopic (exact) mass is 235 g/mol. The van der Waals surface area contributed by atoms with E-state index >= 15 is 0 Å². The smallest absolute Gasteiger partial charge is 0.257 e. The minimum atomic E-state index is -0.0994. The molecule has 1 aromatic carbocycles. The number of rotatable bonds is 2. The maximum atomic E-state index is 12.1. The fourth-order valence-corrected chi connectivity index (χ4v) is 2.12. The largest absolute Gasteiger partial charge is 0.507 e. The number of hydrogen-bond donors (Lipinski definition) is 1. The van der Waals surface area contributed by atoms with E-state index in [9.17, 15) is 9.90 Å². The van der Waals surface area contributed by atoms with Gasteiger partial charge in [-0.05, 0) is 25.0 Å². The number of amides is 1. The Hall–Kier alpha value is -1.55. The number of aromatic hydroxyl groups is 1. The number of piperidine rings is 1. The molecule has 2 rings (SSSR count). The van der Waals surface area contributed by atoms with E-state index in [-0.39, 0.29) is 17.8 Å². The molecule has 0 unspecified atom stereocenters. The minimum Gasteiger partial charge on any atom is -0.507 e. The third kappa shape index (κ3) is 2.58. The van der Waals surface area contributed by atoms with E-state index in [2.05, 4.69) is 0 Å². The lowest BCUT2D eigenvalue weighted by atomic mass is 10.1. The summed E-state index contributed by atoms with van der Waals surface area (Å²) in [5.74, 6) is -0.0518. The van der Waals surface area contributed by atoms with Crippen molar-refractivity contribution in [2.45, 2.75) is 18.9 Å². The van der Waals surface area contributed by atoms with Crippen LogP contribution in [0.1, 0.15) is 23.2 Å². The van der Waals surface area contributed by atoms with Crippen LogP contribution in [0.15, 0.2) is 24.3 Å². The van der Waals surface area contributed by atoms with Crippen LogP contribution >= 0.6 is 0 Å². The number of phenols is 1. The van der Waals surface area contributed by atoms with Gasteiger partial charge in [0.25, 0.3) is 5.91 Å². The first-order valence-electron chi connectivity index (χ1n) is 5.82. The molecule has 1 aliphatic rings. The Labute approximate surface area is 101 Å². The van der Waals surface area contributed by atoms with Gasteiger partial charge >= 0.3 is 0 Å². The van der Waals surface area contributed by atoms with Crippen molar-refractivity contribution in [1.29, 1.82) is 0 Å². The predicted octanol–water partition coefficient (Wildman–Crippen LogP) is 1.64. The number of ether oxygens (including phenoxy) is 1. The van der Waals surface area contributed by atoms with E-state index in [1.54, 1.807) is 30.2 Å². The van der Waals surface area contributed by atoms with Crippen molar-refractivity contribution in [1.82, 2.24) is 4.90 Å². The molecule has 1 fully saturated rings. The lowest BCUT2D eigenvalue weighted by Crippen LogP contribution is -2.40. The summed E-state index contributed by atoms with van der Waals surface area (Å²) in [4.78, 5) is 13.9. The van der Waals surface area contributed by atoms with Crippen molar-refractivity contribution in [2.24, 2.45) is 0 Å². The second-order valence-corrected chi connectivity index (χ2v) is 4.24. The van der Waals surface area contributed by atoms with Crippen molar-refractivity contribution in [2.75, 3.05) is 20.2 Å². The van der Waals surface area contributed by atoms with Gasteiger partial charge in [-0.25, -0.2) is 0 Å². The van der Waals surface area contributed by atoms with E-state index in [0.717, 1.165) is 12.8 Å². The van der Waals surface area contributed by atoms with Crippen LogP contribution in [0, 0.1) is 0 Å². The Bertz CT molecular complexity index is 397. The van der Waals surface area contributed by atoms with Crippen molar-refractivity contribution < 1.29 is 14.6 Å². The second kappa shape index (κ2) is 5.19. The standard InChI is InChI=1S/C13H17NO3/c1-17-10-6-8-14(9-7-10)13(16)11-4-2-3-5-12(11)15/h2-5,10,15H,6-9H2,1H3. The Kier molecular flexibility index (Phi) is 3.64. The molecule has 4 heteroatoms. The lowest BCUT2D eigenvalue weighted by molar-refractivity contribution is 0.0349. The van der Waals surface area contributed by atoms with Gasteiger partial charge in [0.05, 0.1) is 11.7 Å². The zero-order valence-corrected chi connectivity index (χ0v) is 9.93. The van der Waals surface area contributed by atoms with Gasteiger partial charge in [-0.2, -0.15) is 0 Å². The number of benzene rings is 1. The molecular weight excluding hydrogens is 218 g/mol. The van der Waals surface area contributed by atoms with Crippen LogP contribution in [0.3, 0.4) is 0 Å². The van der Waals surface area contributed by atoms with Gasteiger partial charge in [0.2, 0.25) is 0 Å². The van der Waals surface area contributed by atoms with E-state index in [1.807, 2.05) is 0 Å². The molecule has 0 radical (unpaired) electrons. The van der Waals surface area contributed by atoms with Crippen LogP contribution in [0.25, 0.3) is 0 Å². The maximum absolute atomic E-state index is 12.1. The number of phenolic OH excluding ortho intramolecular Hbond substituents is 1. The zero-order chi connectivity index (χ0) is 12.3. The molecular formula is C13H17NO3. The van der Waals surface area contributed by atoms with Crippen molar-refractivity contribution in [3.8, 4) is 5.75 Å². The van der Waals surface area contributed by atoms with Crippen molar-refractivity contribution in [3.05, 3.63) is 29.8 Å². The topological polar surface area (TPSA) is 49.8 Å². The van der Waals surface area contributed by atoms with Crippen molar-refractivity contribution >= 4 is 5.91 Å². The number of methoxy groups -OCH3 is 1. The van der Waals surface area contributed by atoms with Crippen molar-refractivity contribution in [3.63, 3.8) is 0 Å². The number of carbonyl (C=O) groups is 1. The van der Waals surface area contributed by atoms with E-state index in [1.165, 1.54) is 6.07 Å². The highest BCUT2D eigenvalue weighted by atomic mass is 16.5. The molecule has 4 nitrogen and oxygen atoms in total. The molecule has 0 aliphatic carbocycles. The highest BCUT2D eigenvalue weighted by molar-refractivity contribution is 5.96. The normalized spacial score (nSPS) is 17.1. The summed E-state index contributed by atoms with van der Waals surface area (Å²) < 4.78 is 5.26. The highest BCUT2D eigenvalue weighted by Gasteiger charge is 2.24. The third-order valence-corrected chi connectivity index (χ3v) is 3.20. The van der Waals surface area contributed by atoms with Crippen LogP contribution in [0.5, 0.6) is 5.75 Å². The van der Waals surface area contributed by atoms with Crippen LogP contribution in [-0.2, 0) is 4.74 Å². The summed E-state index contributed by atoms with van der Waals surface area (Å²) in [6.07, 6.45) is 1.97. The summed E-state index contributed by atoms with van der Waals surface area (Å²) in [6.45, 7) is 1.37. The van der Waals surface area contributed by atoms with E-state index < -0.39 is 0 Å². The molecule has 1 aliphatic heterocycles. The fourth-order valence-electron chi connectivity index (χ4n) is 2.12. The first-order chi connectivity index (χ1) is 8.22. The molecule has 0 bridgehead atoms. The van der Waals surface area contributed by atoms with Gasteiger partial charge in [-0.1, -0.05) is 12.1 Å². The third-order valence-electron chi connectivity index (χ3n) is 3.20. The second-order valence-electron chi connectivity index (χ2n) is 4.24. The molecule has 1 aromatic rings. The SMILES string of the molecule is COC1CCN(C(=O)c2ccccc2O)CC1. The van der Waals surface area contributed by atoms with Gasteiger partial charge < -0.3 is 14.7 Å². The number of para-hydroxylation sites is 1. The van der Waals surface area contributed by atoms with Crippen LogP contribution in [0.2, 0.25) is 0 Å². The Morgan fingerprint density at radius 2 is 2.00 bits per heavy atom. The first-order valence-corrected chi connectivity index (χ1v) is 5.82. The van der Waals surface area contributed by atoms with Gasteiger partial charge in [-0.3, -0.25) is 4.79 Å². The summed E-state index contributed by atoms with van der Waals surface area (Å²) in [5, 5.41) is 9.64. The molecule has 92 valence electrons. The molecule has 1 heterocycles. The van der Waals surface area contributed by atoms with E-state index in [0.29, 0.717) is 18.7 Å². The molecule has 1 N–H and O–H groups in total. The summed E-state index contributed by atoms with van der Waals surface area (Å²) in [7, 11) is 1.70. The average Bonchev–Trinajstić information content (AvgIpc) is 2.39. The zero-order valence-electron chi connectivity index (χ0n) is 9.93. The summed E-state index contributed by atoms with van der Waals surface area (Å²) in [5.41, 5.74) is 0.378. The summed E-state index contributed by atoms with van der Waals surface area (Å²) in [6, 6.07) is 6.66. The Balaban J connectivity index is 2.04. The Morgan fingerprint density at radius 1 is 1.35 bits per heavy atom. The molecule has 0 aromatic heterocycles. The maximum Gasteiger partial charge on any atom is 0.257 e. The molecule has 0 saturated carbocycles. The number of nitrogens with zero attached hydrogens (tertiary/aromatic N) is 1. The minimum absolute atomic E-state index is 0.0476. The Morgan fingerprint density at radius 3 is 2.59 bits per heavy atom.